The molecule has 0 spiro atoms. The van der Waals surface area contributed by atoms with Crippen molar-refractivity contribution in [1.29, 1.82) is 0 Å². The molecule has 0 aliphatic carbocycles. The van der Waals surface area contributed by atoms with Crippen molar-refractivity contribution in [2.24, 2.45) is 5.10 Å². The molecular weight excluding hydrogens is 148 g/mol. The summed E-state index contributed by atoms with van der Waals surface area (Å²) in [6.07, 6.45) is 3.41. The molecule has 1 heterocycles. The fourth-order valence-corrected chi connectivity index (χ4v) is 0.823. The second-order valence-corrected chi connectivity index (χ2v) is 2.56. The van der Waals surface area contributed by atoms with E-state index in [1.807, 2.05) is 13.8 Å². The van der Waals surface area contributed by atoms with E-state index in [1.54, 1.807) is 12.3 Å². The van der Waals surface area contributed by atoms with Crippen LogP contribution in [0.25, 0.3) is 0 Å². The lowest BCUT2D eigenvalue weighted by atomic mass is 10.2. The smallest absolute Gasteiger partial charge is 0.0487 e. The van der Waals surface area contributed by atoms with Crippen molar-refractivity contribution in [3.8, 4) is 0 Å². The Hall–Kier alpha value is -0.760. The molecule has 0 saturated heterocycles. The number of allylic oxidation sites excluding steroid dienone is 4. The third-order valence-electron chi connectivity index (χ3n) is 1.45. The van der Waals surface area contributed by atoms with Gasteiger partial charge in [0.25, 0.3) is 0 Å². The predicted octanol–water partition coefficient (Wildman–Crippen LogP) is 1.99. The minimum Gasteiger partial charge on any atom is -0.283 e. The molecule has 0 atom stereocenters. The largest absolute Gasteiger partial charge is 0.283 e. The van der Waals surface area contributed by atoms with E-state index in [2.05, 4.69) is 10.5 Å². The molecule has 0 aromatic carbocycles. The van der Waals surface area contributed by atoms with Gasteiger partial charge in [0.05, 0.1) is 0 Å². The molecular formula is C7H9ClN2. The van der Waals surface area contributed by atoms with E-state index in [0.29, 0.717) is 0 Å². The summed E-state index contributed by atoms with van der Waals surface area (Å²) >= 11 is 5.84. The van der Waals surface area contributed by atoms with Crippen molar-refractivity contribution in [3.05, 3.63) is 22.4 Å². The SMILES string of the molecule is CC1=C(C)C(Cl)=CC=NN1. The summed E-state index contributed by atoms with van der Waals surface area (Å²) in [5, 5.41) is 4.60. The van der Waals surface area contributed by atoms with E-state index in [9.17, 15) is 0 Å². The maximum absolute atomic E-state index is 5.84. The Bertz CT molecular complexity index is 220. The topological polar surface area (TPSA) is 24.4 Å². The van der Waals surface area contributed by atoms with Gasteiger partial charge >= 0.3 is 0 Å². The van der Waals surface area contributed by atoms with Crippen LogP contribution in [0, 0.1) is 0 Å². The van der Waals surface area contributed by atoms with Crippen LogP contribution in [0.3, 0.4) is 0 Å². The zero-order valence-electron chi connectivity index (χ0n) is 5.98. The first-order valence-electron chi connectivity index (χ1n) is 3.04. The lowest BCUT2D eigenvalue weighted by Crippen LogP contribution is -2.02. The van der Waals surface area contributed by atoms with E-state index in [4.69, 9.17) is 11.6 Å². The van der Waals surface area contributed by atoms with Gasteiger partial charge in [-0.25, -0.2) is 0 Å². The highest BCUT2D eigenvalue weighted by Crippen LogP contribution is 2.17. The van der Waals surface area contributed by atoms with E-state index in [-0.39, 0.29) is 0 Å². The van der Waals surface area contributed by atoms with Crippen molar-refractivity contribution in [2.75, 3.05) is 0 Å². The van der Waals surface area contributed by atoms with Crippen LogP contribution in [0.4, 0.5) is 0 Å². The average molecular weight is 157 g/mol. The third-order valence-corrected chi connectivity index (χ3v) is 1.86. The number of halogens is 1. The molecule has 0 aromatic rings. The summed E-state index contributed by atoms with van der Waals surface area (Å²) in [6, 6.07) is 0. The summed E-state index contributed by atoms with van der Waals surface area (Å²) in [5.41, 5.74) is 4.87. The zero-order chi connectivity index (χ0) is 7.56. The minimum absolute atomic E-state index is 0.742. The highest BCUT2D eigenvalue weighted by atomic mass is 35.5. The van der Waals surface area contributed by atoms with Crippen LogP contribution in [0.2, 0.25) is 0 Å². The molecule has 3 heteroatoms. The van der Waals surface area contributed by atoms with Crippen LogP contribution in [0.5, 0.6) is 0 Å². The molecule has 54 valence electrons. The standard InChI is InChI=1S/C7H9ClN2/c1-5-6(2)10-9-4-3-7(5)8/h3-4,10H,1-2H3. The van der Waals surface area contributed by atoms with Gasteiger partial charge in [0.15, 0.2) is 0 Å². The molecule has 0 fully saturated rings. The second kappa shape index (κ2) is 2.88. The summed E-state index contributed by atoms with van der Waals surface area (Å²) in [7, 11) is 0. The molecule has 2 nitrogen and oxygen atoms in total. The molecule has 0 saturated carbocycles. The predicted molar refractivity (Wildman–Crippen MR) is 43.9 cm³/mol. The number of hydrogen-bond donors (Lipinski definition) is 1. The van der Waals surface area contributed by atoms with Gasteiger partial charge < -0.3 is 0 Å². The van der Waals surface area contributed by atoms with Crippen LogP contribution >= 0.6 is 11.6 Å². The van der Waals surface area contributed by atoms with E-state index in [0.717, 1.165) is 16.3 Å². The number of nitrogens with one attached hydrogen (secondary N) is 1. The first-order valence-corrected chi connectivity index (χ1v) is 3.42. The molecule has 0 unspecified atom stereocenters. The highest BCUT2D eigenvalue weighted by Gasteiger charge is 2.01. The molecule has 1 aliphatic heterocycles. The Balaban J connectivity index is 3.00. The van der Waals surface area contributed by atoms with E-state index >= 15 is 0 Å². The minimum atomic E-state index is 0.742. The normalized spacial score (nSPS) is 18.1. The van der Waals surface area contributed by atoms with Crippen molar-refractivity contribution in [1.82, 2.24) is 5.43 Å². The van der Waals surface area contributed by atoms with Gasteiger partial charge in [-0.15, -0.1) is 0 Å². The number of nitrogens with zero attached hydrogens (tertiary/aromatic N) is 1. The van der Waals surface area contributed by atoms with Gasteiger partial charge in [-0.1, -0.05) is 11.6 Å². The highest BCUT2D eigenvalue weighted by molar-refractivity contribution is 6.33. The molecule has 0 bridgehead atoms. The quantitative estimate of drug-likeness (QED) is 0.570. The van der Waals surface area contributed by atoms with Crippen molar-refractivity contribution >= 4 is 17.8 Å². The second-order valence-electron chi connectivity index (χ2n) is 2.15. The van der Waals surface area contributed by atoms with Crippen LogP contribution in [-0.4, -0.2) is 6.21 Å². The Labute approximate surface area is 65.3 Å². The van der Waals surface area contributed by atoms with Crippen molar-refractivity contribution in [2.45, 2.75) is 13.8 Å². The number of rotatable bonds is 0. The van der Waals surface area contributed by atoms with Crippen LogP contribution in [0.15, 0.2) is 27.5 Å². The summed E-state index contributed by atoms with van der Waals surface area (Å²) in [4.78, 5) is 0. The molecule has 1 aliphatic rings. The molecule has 0 radical (unpaired) electrons. The number of hydrogen-bond acceptors (Lipinski definition) is 2. The maximum atomic E-state index is 5.84. The Morgan fingerprint density at radius 2 is 2.20 bits per heavy atom. The first kappa shape index (κ1) is 7.35. The Morgan fingerprint density at radius 1 is 1.50 bits per heavy atom. The van der Waals surface area contributed by atoms with Gasteiger partial charge in [-0.3, -0.25) is 5.43 Å². The maximum Gasteiger partial charge on any atom is 0.0487 e. The lowest BCUT2D eigenvalue weighted by molar-refractivity contribution is 0.883. The molecule has 0 amide bonds. The lowest BCUT2D eigenvalue weighted by Gasteiger charge is -2.01. The summed E-state index contributed by atoms with van der Waals surface area (Å²) in [6.45, 7) is 3.89. The van der Waals surface area contributed by atoms with Gasteiger partial charge in [0.1, 0.15) is 0 Å². The van der Waals surface area contributed by atoms with Crippen LogP contribution in [-0.2, 0) is 0 Å². The van der Waals surface area contributed by atoms with Gasteiger partial charge in [0.2, 0.25) is 0 Å². The molecule has 1 rings (SSSR count). The van der Waals surface area contributed by atoms with Gasteiger partial charge in [0, 0.05) is 16.9 Å². The Morgan fingerprint density at radius 3 is 2.90 bits per heavy atom. The van der Waals surface area contributed by atoms with E-state index < -0.39 is 0 Å². The zero-order valence-corrected chi connectivity index (χ0v) is 6.74. The van der Waals surface area contributed by atoms with Crippen molar-refractivity contribution < 1.29 is 0 Å². The van der Waals surface area contributed by atoms with Gasteiger partial charge in [-0.05, 0) is 25.5 Å². The van der Waals surface area contributed by atoms with E-state index in [1.165, 1.54) is 0 Å². The Kier molecular flexibility index (Phi) is 2.12. The summed E-state index contributed by atoms with van der Waals surface area (Å²) < 4.78 is 0. The van der Waals surface area contributed by atoms with Crippen molar-refractivity contribution in [3.63, 3.8) is 0 Å². The fourth-order valence-electron chi connectivity index (χ4n) is 0.625. The molecule has 0 aromatic heterocycles. The van der Waals surface area contributed by atoms with Crippen LogP contribution < -0.4 is 5.43 Å². The summed E-state index contributed by atoms with van der Waals surface area (Å²) in [5.74, 6) is 0. The fraction of sp³-hybridized carbons (Fsp3) is 0.286. The monoisotopic (exact) mass is 156 g/mol. The number of hydrazone groups is 1. The van der Waals surface area contributed by atoms with Gasteiger partial charge in [-0.2, -0.15) is 5.10 Å². The average Bonchev–Trinajstić information content (AvgIpc) is 2.04. The third kappa shape index (κ3) is 1.39. The first-order chi connectivity index (χ1) is 4.72. The molecule has 10 heavy (non-hydrogen) atoms. The molecule has 1 N–H and O–H groups in total. The van der Waals surface area contributed by atoms with Crippen LogP contribution in [0.1, 0.15) is 13.8 Å².